The lowest BCUT2D eigenvalue weighted by atomic mass is 10.0. The van der Waals surface area contributed by atoms with Crippen LogP contribution in [0.5, 0.6) is 0 Å². The highest BCUT2D eigenvalue weighted by molar-refractivity contribution is 14.1. The fraction of sp³-hybridized carbons (Fsp3) is 0.462. The van der Waals surface area contributed by atoms with E-state index in [1.54, 1.807) is 6.07 Å². The van der Waals surface area contributed by atoms with E-state index in [1.807, 2.05) is 17.0 Å². The predicted molar refractivity (Wildman–Crippen MR) is 79.9 cm³/mol. The summed E-state index contributed by atoms with van der Waals surface area (Å²) in [6, 6.07) is 5.54. The van der Waals surface area contributed by atoms with Crippen LogP contribution in [0.3, 0.4) is 0 Å². The molecule has 1 aromatic rings. The Morgan fingerprint density at radius 3 is 2.61 bits per heavy atom. The summed E-state index contributed by atoms with van der Waals surface area (Å²) in [5.74, 6) is 1.38. The van der Waals surface area contributed by atoms with Gasteiger partial charge >= 0.3 is 0 Å². The minimum Gasteiger partial charge on any atom is -0.338 e. The van der Waals surface area contributed by atoms with Gasteiger partial charge < -0.3 is 10.2 Å². The van der Waals surface area contributed by atoms with E-state index < -0.39 is 0 Å². The molecule has 2 fully saturated rings. The Morgan fingerprint density at radius 2 is 2.00 bits per heavy atom. The van der Waals surface area contributed by atoms with Crippen LogP contribution >= 0.6 is 34.2 Å². The van der Waals surface area contributed by atoms with Crippen LogP contribution in [0.4, 0.5) is 0 Å². The van der Waals surface area contributed by atoms with Gasteiger partial charge in [0, 0.05) is 35.3 Å². The van der Waals surface area contributed by atoms with E-state index in [0.29, 0.717) is 22.4 Å². The molecule has 0 aliphatic carbocycles. The first-order valence-corrected chi connectivity index (χ1v) is 7.56. The fourth-order valence-electron chi connectivity index (χ4n) is 2.83. The molecule has 3 rings (SSSR count). The summed E-state index contributed by atoms with van der Waals surface area (Å²) < 4.78 is 0.980. The highest BCUT2D eigenvalue weighted by Crippen LogP contribution is 2.28. The first-order chi connectivity index (χ1) is 8.65. The number of halogens is 2. The molecule has 2 heterocycles. The molecule has 0 saturated carbocycles. The third kappa shape index (κ3) is 2.26. The first kappa shape index (κ1) is 12.7. The minimum atomic E-state index is 0.114. The van der Waals surface area contributed by atoms with Crippen molar-refractivity contribution in [3.05, 3.63) is 32.4 Å². The number of rotatable bonds is 1. The maximum Gasteiger partial charge on any atom is 0.253 e. The maximum absolute atomic E-state index is 12.4. The maximum atomic E-state index is 12.4. The van der Waals surface area contributed by atoms with Gasteiger partial charge in [-0.05, 0) is 52.6 Å². The zero-order chi connectivity index (χ0) is 12.7. The lowest BCUT2D eigenvalue weighted by molar-refractivity contribution is 0.0781. The Balaban J connectivity index is 1.77. The number of likely N-dealkylation sites (tertiary alicyclic amines) is 1. The summed E-state index contributed by atoms with van der Waals surface area (Å²) >= 11 is 8.24. The molecule has 1 amide bonds. The summed E-state index contributed by atoms with van der Waals surface area (Å²) in [5, 5.41) is 4.04. The van der Waals surface area contributed by atoms with Gasteiger partial charge in [0.15, 0.2) is 0 Å². The van der Waals surface area contributed by atoms with Crippen LogP contribution in [0.1, 0.15) is 10.4 Å². The van der Waals surface area contributed by atoms with E-state index in [4.69, 9.17) is 11.6 Å². The summed E-state index contributed by atoms with van der Waals surface area (Å²) in [7, 11) is 0. The van der Waals surface area contributed by atoms with Crippen molar-refractivity contribution in [2.24, 2.45) is 11.8 Å². The number of hydrogen-bond donors (Lipinski definition) is 1. The largest absolute Gasteiger partial charge is 0.338 e. The number of carbonyl (C=O) groups is 1. The van der Waals surface area contributed by atoms with Gasteiger partial charge in [-0.1, -0.05) is 11.6 Å². The molecule has 0 aromatic heterocycles. The molecule has 2 atom stereocenters. The Morgan fingerprint density at radius 1 is 1.33 bits per heavy atom. The van der Waals surface area contributed by atoms with Crippen LogP contribution < -0.4 is 5.32 Å². The van der Waals surface area contributed by atoms with Gasteiger partial charge in [0.2, 0.25) is 0 Å². The van der Waals surface area contributed by atoms with Gasteiger partial charge in [0.1, 0.15) is 0 Å². The molecule has 18 heavy (non-hydrogen) atoms. The van der Waals surface area contributed by atoms with Gasteiger partial charge in [-0.15, -0.1) is 0 Å². The lowest BCUT2D eigenvalue weighted by Gasteiger charge is -2.17. The molecular weight excluding hydrogens is 363 g/mol. The van der Waals surface area contributed by atoms with Crippen molar-refractivity contribution in [1.82, 2.24) is 10.2 Å². The fourth-order valence-corrected chi connectivity index (χ4v) is 3.35. The van der Waals surface area contributed by atoms with Crippen molar-refractivity contribution >= 4 is 40.1 Å². The van der Waals surface area contributed by atoms with E-state index >= 15 is 0 Å². The zero-order valence-electron chi connectivity index (χ0n) is 9.83. The first-order valence-electron chi connectivity index (χ1n) is 6.10. The van der Waals surface area contributed by atoms with Crippen molar-refractivity contribution in [3.63, 3.8) is 0 Å². The smallest absolute Gasteiger partial charge is 0.253 e. The van der Waals surface area contributed by atoms with E-state index in [0.717, 1.165) is 29.7 Å². The van der Waals surface area contributed by atoms with Crippen LogP contribution in [0.25, 0.3) is 0 Å². The lowest BCUT2D eigenvalue weighted by Crippen LogP contribution is -2.31. The van der Waals surface area contributed by atoms with E-state index in [-0.39, 0.29) is 5.91 Å². The quantitative estimate of drug-likeness (QED) is 0.763. The zero-order valence-corrected chi connectivity index (χ0v) is 12.7. The Hall–Kier alpha value is -0.330. The summed E-state index contributed by atoms with van der Waals surface area (Å²) in [4.78, 5) is 14.4. The summed E-state index contributed by atoms with van der Waals surface area (Å²) in [6.07, 6.45) is 0. The van der Waals surface area contributed by atoms with Crippen molar-refractivity contribution in [2.75, 3.05) is 26.2 Å². The third-order valence-electron chi connectivity index (χ3n) is 3.84. The molecule has 2 saturated heterocycles. The van der Waals surface area contributed by atoms with Gasteiger partial charge in [0.25, 0.3) is 5.91 Å². The Kier molecular flexibility index (Phi) is 3.51. The molecule has 0 bridgehead atoms. The highest BCUT2D eigenvalue weighted by Gasteiger charge is 2.38. The standard InChI is InChI=1S/C13H14ClIN2O/c14-11-3-8(1-2-12(11)15)13(18)17-6-9-4-16-5-10(9)7-17/h1-3,9-10,16H,4-7H2. The average molecular weight is 377 g/mol. The minimum absolute atomic E-state index is 0.114. The van der Waals surface area contributed by atoms with E-state index in [2.05, 4.69) is 27.9 Å². The normalized spacial score (nSPS) is 26.4. The van der Waals surface area contributed by atoms with Crippen molar-refractivity contribution in [3.8, 4) is 0 Å². The number of nitrogens with one attached hydrogen (secondary N) is 1. The van der Waals surface area contributed by atoms with Gasteiger partial charge in [-0.25, -0.2) is 0 Å². The molecule has 1 N–H and O–H groups in total. The third-order valence-corrected chi connectivity index (χ3v) is 5.42. The number of carbonyl (C=O) groups excluding carboxylic acids is 1. The Labute approximate surface area is 125 Å². The Bertz CT molecular complexity index is 482. The van der Waals surface area contributed by atoms with Gasteiger partial charge in [0.05, 0.1) is 5.02 Å². The number of fused-ring (bicyclic) bond motifs is 1. The number of benzene rings is 1. The molecule has 0 spiro atoms. The molecule has 2 unspecified atom stereocenters. The van der Waals surface area contributed by atoms with Gasteiger partial charge in [-0.2, -0.15) is 0 Å². The van der Waals surface area contributed by atoms with Crippen LogP contribution in [0, 0.1) is 15.4 Å². The molecular formula is C13H14ClIN2O. The van der Waals surface area contributed by atoms with Crippen LogP contribution in [0.2, 0.25) is 5.02 Å². The van der Waals surface area contributed by atoms with Gasteiger partial charge in [-0.3, -0.25) is 4.79 Å². The summed E-state index contributed by atoms with van der Waals surface area (Å²) in [5.41, 5.74) is 0.702. The molecule has 0 radical (unpaired) electrons. The molecule has 1 aromatic carbocycles. The molecule has 5 heteroatoms. The van der Waals surface area contributed by atoms with Crippen molar-refractivity contribution < 1.29 is 4.79 Å². The van der Waals surface area contributed by atoms with E-state index in [1.165, 1.54) is 0 Å². The number of nitrogens with zero attached hydrogens (tertiary/aromatic N) is 1. The average Bonchev–Trinajstić information content (AvgIpc) is 2.92. The second-order valence-corrected chi connectivity index (χ2v) is 6.59. The molecule has 96 valence electrons. The molecule has 3 nitrogen and oxygen atoms in total. The van der Waals surface area contributed by atoms with Crippen molar-refractivity contribution in [2.45, 2.75) is 0 Å². The number of hydrogen-bond acceptors (Lipinski definition) is 2. The highest BCUT2D eigenvalue weighted by atomic mass is 127. The van der Waals surface area contributed by atoms with E-state index in [9.17, 15) is 4.79 Å². The number of amides is 1. The second kappa shape index (κ2) is 4.98. The van der Waals surface area contributed by atoms with Crippen molar-refractivity contribution in [1.29, 1.82) is 0 Å². The SMILES string of the molecule is O=C(c1ccc(I)c(Cl)c1)N1CC2CNCC2C1. The van der Waals surface area contributed by atoms with Crippen LogP contribution in [0.15, 0.2) is 18.2 Å². The monoisotopic (exact) mass is 376 g/mol. The molecule has 2 aliphatic rings. The topological polar surface area (TPSA) is 32.3 Å². The molecule has 2 aliphatic heterocycles. The summed E-state index contributed by atoms with van der Waals surface area (Å²) in [6.45, 7) is 3.84. The van der Waals surface area contributed by atoms with Crippen LogP contribution in [-0.2, 0) is 0 Å². The van der Waals surface area contributed by atoms with Crippen LogP contribution in [-0.4, -0.2) is 37.0 Å². The second-order valence-electron chi connectivity index (χ2n) is 5.02. The predicted octanol–water partition coefficient (Wildman–Crippen LogP) is 2.24.